The van der Waals surface area contributed by atoms with E-state index in [-0.39, 0.29) is 11.9 Å². The Kier molecular flexibility index (Phi) is 3.98. The van der Waals surface area contributed by atoms with Gasteiger partial charge in [0, 0.05) is 31.9 Å². The van der Waals surface area contributed by atoms with E-state index in [0.29, 0.717) is 12.5 Å². The van der Waals surface area contributed by atoms with E-state index in [0.717, 1.165) is 31.5 Å². The molecule has 2 atom stereocenters. The fourth-order valence-corrected chi connectivity index (χ4v) is 3.01. The number of aromatic nitrogens is 5. The van der Waals surface area contributed by atoms with Crippen LogP contribution < -0.4 is 5.32 Å². The molecule has 21 heavy (non-hydrogen) atoms. The van der Waals surface area contributed by atoms with Crippen molar-refractivity contribution < 1.29 is 4.79 Å². The van der Waals surface area contributed by atoms with Crippen molar-refractivity contribution in [3.63, 3.8) is 0 Å². The maximum absolute atomic E-state index is 11.2. The minimum atomic E-state index is 0.0462. The predicted octanol–water partition coefficient (Wildman–Crippen LogP) is 0.828. The highest BCUT2D eigenvalue weighted by atomic mass is 16.1. The molecule has 3 rings (SSSR count). The van der Waals surface area contributed by atoms with Gasteiger partial charge in [-0.15, -0.1) is 5.10 Å². The Morgan fingerprint density at radius 1 is 1.43 bits per heavy atom. The van der Waals surface area contributed by atoms with Crippen LogP contribution in [-0.2, 0) is 17.9 Å². The molecule has 0 bridgehead atoms. The van der Waals surface area contributed by atoms with E-state index in [4.69, 9.17) is 0 Å². The molecule has 1 aliphatic carbocycles. The van der Waals surface area contributed by atoms with Crippen LogP contribution in [0.2, 0.25) is 0 Å². The van der Waals surface area contributed by atoms with Crippen LogP contribution in [-0.4, -0.2) is 36.7 Å². The van der Waals surface area contributed by atoms with Crippen LogP contribution in [0.1, 0.15) is 31.9 Å². The van der Waals surface area contributed by atoms with Crippen molar-refractivity contribution in [1.29, 1.82) is 0 Å². The molecule has 0 aliphatic heterocycles. The van der Waals surface area contributed by atoms with Crippen molar-refractivity contribution in [3.8, 4) is 0 Å². The van der Waals surface area contributed by atoms with Gasteiger partial charge in [0.25, 0.3) is 0 Å². The molecule has 1 fully saturated rings. The van der Waals surface area contributed by atoms with Gasteiger partial charge >= 0.3 is 0 Å². The fourth-order valence-electron chi connectivity index (χ4n) is 3.01. The molecule has 1 saturated carbocycles. The second-order valence-corrected chi connectivity index (χ2v) is 5.63. The summed E-state index contributed by atoms with van der Waals surface area (Å²) in [6.07, 6.45) is 8.96. The monoisotopic (exact) mass is 288 g/mol. The van der Waals surface area contributed by atoms with Crippen molar-refractivity contribution >= 4 is 5.91 Å². The zero-order valence-corrected chi connectivity index (χ0v) is 12.1. The summed E-state index contributed by atoms with van der Waals surface area (Å²) in [7, 11) is 0. The van der Waals surface area contributed by atoms with Crippen molar-refractivity contribution in [2.24, 2.45) is 5.92 Å². The number of hydrogen-bond donors (Lipinski definition) is 1. The summed E-state index contributed by atoms with van der Waals surface area (Å²) in [5, 5.41) is 15.6. The highest BCUT2D eigenvalue weighted by Gasteiger charge is 2.28. The maximum Gasteiger partial charge on any atom is 0.217 e. The van der Waals surface area contributed by atoms with Gasteiger partial charge in [-0.05, 0) is 24.8 Å². The standard InChI is InChI=1S/C14H20N6O/c1-11(21)16-14-5-2-4-12(14)8-20-10-13(17-18-20)9-19-7-3-6-15-19/h3,6-7,10,12,14H,2,4-5,8-9H2,1H3,(H,16,21)/t12-,14-/m1/s1. The average Bonchev–Trinajstić information content (AvgIpc) is 3.15. The lowest BCUT2D eigenvalue weighted by molar-refractivity contribution is -0.119. The first-order valence-electron chi connectivity index (χ1n) is 7.34. The van der Waals surface area contributed by atoms with Gasteiger partial charge < -0.3 is 5.32 Å². The zero-order valence-electron chi connectivity index (χ0n) is 12.1. The number of amides is 1. The van der Waals surface area contributed by atoms with Crippen LogP contribution in [0.15, 0.2) is 24.7 Å². The van der Waals surface area contributed by atoms with E-state index < -0.39 is 0 Å². The largest absolute Gasteiger partial charge is 0.353 e. The summed E-state index contributed by atoms with van der Waals surface area (Å²) in [5.41, 5.74) is 0.896. The number of rotatable bonds is 5. The summed E-state index contributed by atoms with van der Waals surface area (Å²) in [6.45, 7) is 3.01. The van der Waals surface area contributed by atoms with Gasteiger partial charge in [0.1, 0.15) is 5.69 Å². The molecule has 1 aliphatic rings. The van der Waals surface area contributed by atoms with Crippen LogP contribution in [0.25, 0.3) is 0 Å². The van der Waals surface area contributed by atoms with Gasteiger partial charge in [-0.1, -0.05) is 11.6 Å². The van der Waals surface area contributed by atoms with Gasteiger partial charge in [-0.2, -0.15) is 5.10 Å². The van der Waals surface area contributed by atoms with Gasteiger partial charge in [0.2, 0.25) is 5.91 Å². The third-order valence-corrected chi connectivity index (χ3v) is 3.94. The first-order valence-corrected chi connectivity index (χ1v) is 7.34. The van der Waals surface area contributed by atoms with Crippen molar-refractivity contribution in [2.75, 3.05) is 0 Å². The second-order valence-electron chi connectivity index (χ2n) is 5.63. The van der Waals surface area contributed by atoms with Gasteiger partial charge in [-0.3, -0.25) is 14.2 Å². The molecular formula is C14H20N6O. The molecule has 7 nitrogen and oxygen atoms in total. The quantitative estimate of drug-likeness (QED) is 0.884. The highest BCUT2D eigenvalue weighted by Crippen LogP contribution is 2.26. The molecule has 1 amide bonds. The third kappa shape index (κ3) is 3.48. The van der Waals surface area contributed by atoms with Crippen molar-refractivity contribution in [2.45, 2.75) is 45.3 Å². The normalized spacial score (nSPS) is 21.6. The molecule has 0 radical (unpaired) electrons. The fraction of sp³-hybridized carbons (Fsp3) is 0.571. The number of nitrogens with zero attached hydrogens (tertiary/aromatic N) is 5. The predicted molar refractivity (Wildman–Crippen MR) is 76.3 cm³/mol. The lowest BCUT2D eigenvalue weighted by atomic mass is 10.0. The van der Waals surface area contributed by atoms with Crippen LogP contribution in [0, 0.1) is 5.92 Å². The summed E-state index contributed by atoms with van der Waals surface area (Å²) < 4.78 is 3.70. The molecule has 0 saturated heterocycles. The van der Waals surface area contributed by atoms with Crippen LogP contribution in [0.3, 0.4) is 0 Å². The summed E-state index contributed by atoms with van der Waals surface area (Å²) in [6, 6.07) is 2.15. The molecule has 0 aromatic carbocycles. The second kappa shape index (κ2) is 6.07. The lowest BCUT2D eigenvalue weighted by Crippen LogP contribution is -2.37. The van der Waals surface area contributed by atoms with E-state index >= 15 is 0 Å². The van der Waals surface area contributed by atoms with Crippen LogP contribution in [0.4, 0.5) is 0 Å². The van der Waals surface area contributed by atoms with E-state index in [9.17, 15) is 4.79 Å². The zero-order chi connectivity index (χ0) is 14.7. The van der Waals surface area contributed by atoms with Crippen LogP contribution >= 0.6 is 0 Å². The Hall–Kier alpha value is -2.18. The number of carbonyl (C=O) groups is 1. The Bertz CT molecular complexity index is 590. The molecule has 0 unspecified atom stereocenters. The first-order chi connectivity index (χ1) is 10.2. The first kappa shape index (κ1) is 13.8. The summed E-state index contributed by atoms with van der Waals surface area (Å²) in [4.78, 5) is 11.2. The van der Waals surface area contributed by atoms with E-state index in [2.05, 4.69) is 20.7 Å². The van der Waals surface area contributed by atoms with Crippen molar-refractivity contribution in [1.82, 2.24) is 30.1 Å². The summed E-state index contributed by atoms with van der Waals surface area (Å²) >= 11 is 0. The summed E-state index contributed by atoms with van der Waals surface area (Å²) in [5.74, 6) is 0.484. The molecular weight excluding hydrogens is 268 g/mol. The van der Waals surface area contributed by atoms with Gasteiger partial charge in [0.05, 0.1) is 12.7 Å². The molecule has 112 valence electrons. The Labute approximate surface area is 123 Å². The molecule has 7 heteroatoms. The smallest absolute Gasteiger partial charge is 0.217 e. The molecule has 2 aromatic heterocycles. The Morgan fingerprint density at radius 2 is 2.33 bits per heavy atom. The number of nitrogens with one attached hydrogen (secondary N) is 1. The van der Waals surface area contributed by atoms with E-state index in [1.165, 1.54) is 0 Å². The lowest BCUT2D eigenvalue weighted by Gasteiger charge is -2.19. The molecule has 0 spiro atoms. The SMILES string of the molecule is CC(=O)N[C@@H]1CCC[C@@H]1Cn1cc(Cn2cccn2)nn1. The number of carbonyl (C=O) groups excluding carboxylic acids is 1. The van der Waals surface area contributed by atoms with Crippen molar-refractivity contribution in [3.05, 3.63) is 30.4 Å². The Morgan fingerprint density at radius 3 is 3.10 bits per heavy atom. The molecule has 2 aromatic rings. The molecule has 1 N–H and O–H groups in total. The van der Waals surface area contributed by atoms with E-state index in [1.54, 1.807) is 13.1 Å². The third-order valence-electron chi connectivity index (χ3n) is 3.94. The van der Waals surface area contributed by atoms with Crippen LogP contribution in [0.5, 0.6) is 0 Å². The minimum Gasteiger partial charge on any atom is -0.353 e. The van der Waals surface area contributed by atoms with E-state index in [1.807, 2.05) is 27.8 Å². The Balaban J connectivity index is 1.60. The van der Waals surface area contributed by atoms with Gasteiger partial charge in [-0.25, -0.2) is 0 Å². The topological polar surface area (TPSA) is 77.6 Å². The number of hydrogen-bond acceptors (Lipinski definition) is 4. The maximum atomic E-state index is 11.2. The minimum absolute atomic E-state index is 0.0462. The highest BCUT2D eigenvalue weighted by molar-refractivity contribution is 5.73. The molecule has 2 heterocycles. The average molecular weight is 288 g/mol. The van der Waals surface area contributed by atoms with Gasteiger partial charge in [0.15, 0.2) is 0 Å².